The van der Waals surface area contributed by atoms with Gasteiger partial charge in [-0.1, -0.05) is 20.8 Å². The van der Waals surface area contributed by atoms with Crippen LogP contribution in [0.2, 0.25) is 0 Å². The molecule has 5 N–H and O–H groups in total. The number of hydrogen-bond donors (Lipinski definition) is 4. The van der Waals surface area contributed by atoms with Crippen LogP contribution in [0.3, 0.4) is 0 Å². The minimum Gasteiger partial charge on any atom is -0.507 e. The molecule has 0 radical (unpaired) electrons. The molecule has 0 spiro atoms. The van der Waals surface area contributed by atoms with Gasteiger partial charge in [-0.15, -0.1) is 0 Å². The summed E-state index contributed by atoms with van der Waals surface area (Å²) in [6, 6.07) is 0.288. The van der Waals surface area contributed by atoms with Gasteiger partial charge in [-0.25, -0.2) is 0 Å². The number of hydrogen-bond acceptors (Lipinski definition) is 10. The van der Waals surface area contributed by atoms with Crippen molar-refractivity contribution in [3.8, 4) is 11.5 Å². The molecule has 0 aromatic heterocycles. The number of carbonyl (C=O) groups excluding carboxylic acids is 5. The highest BCUT2D eigenvalue weighted by Crippen LogP contribution is 2.52. The number of phenolic OH excluding ortho intramolecular Hbond substituents is 1. The number of likely N-dealkylation sites (N-methyl/N-ethyl adjacent to an activating group) is 1. The van der Waals surface area contributed by atoms with Crippen LogP contribution < -0.4 is 15.8 Å². The molecule has 2 fully saturated rings. The molecule has 4 rings (SSSR count). The van der Waals surface area contributed by atoms with E-state index in [1.54, 1.807) is 14.1 Å². The number of carbonyl (C=O) groups is 5. The van der Waals surface area contributed by atoms with Crippen molar-refractivity contribution in [1.82, 2.24) is 10.2 Å². The average Bonchev–Trinajstić information content (AvgIpc) is 2.83. The topological polar surface area (TPSA) is 176 Å². The van der Waals surface area contributed by atoms with Gasteiger partial charge in [0.15, 0.2) is 34.7 Å². The Hall–Kier alpha value is -3.15. The van der Waals surface area contributed by atoms with Gasteiger partial charge in [0, 0.05) is 23.6 Å². The second kappa shape index (κ2) is 10.4. The van der Waals surface area contributed by atoms with E-state index in [2.05, 4.69) is 26.1 Å². The number of aromatic hydroxyl groups is 1. The monoisotopic (exact) mass is 557 g/mol. The predicted octanol–water partition coefficient (Wildman–Crippen LogP) is 0.401. The van der Waals surface area contributed by atoms with Crippen LogP contribution in [0.25, 0.3) is 0 Å². The Morgan fingerprint density at radius 3 is 2.40 bits per heavy atom. The van der Waals surface area contributed by atoms with Gasteiger partial charge in [0.2, 0.25) is 5.91 Å². The molecule has 1 aromatic carbocycles. The third kappa shape index (κ3) is 4.63. The average molecular weight is 558 g/mol. The molecule has 1 amide bonds. The van der Waals surface area contributed by atoms with E-state index in [9.17, 15) is 34.2 Å². The van der Waals surface area contributed by atoms with Crippen molar-refractivity contribution in [3.63, 3.8) is 0 Å². The summed E-state index contributed by atoms with van der Waals surface area (Å²) in [6.07, 6.45) is 1.06. The highest BCUT2D eigenvalue weighted by Gasteiger charge is 2.69. The minimum atomic E-state index is -2.74. The smallest absolute Gasteiger partial charge is 0.235 e. The number of benzene rings is 1. The summed E-state index contributed by atoms with van der Waals surface area (Å²) in [6.45, 7) is 7.51. The van der Waals surface area contributed by atoms with Crippen LogP contribution in [0.5, 0.6) is 11.5 Å². The van der Waals surface area contributed by atoms with Crippen molar-refractivity contribution in [2.75, 3.05) is 27.7 Å². The SMILES string of the molecule is COc1c(CNCCC(C)(C)C)cc(O)c2c1C[C@H]1C[C@H]3[C@H](N(C)C)C(=O)C(C(N)=O)C(=O)[C@@]3(O)C(=O)C1C2=O. The normalized spacial score (nSPS) is 30.1. The fourth-order valence-corrected chi connectivity index (χ4v) is 6.79. The zero-order valence-electron chi connectivity index (χ0n) is 23.9. The third-order valence-electron chi connectivity index (χ3n) is 8.66. The van der Waals surface area contributed by atoms with Gasteiger partial charge >= 0.3 is 0 Å². The molecular weight excluding hydrogens is 518 g/mol. The predicted molar refractivity (Wildman–Crippen MR) is 144 cm³/mol. The van der Waals surface area contributed by atoms with Gasteiger partial charge in [-0.05, 0) is 57.3 Å². The summed E-state index contributed by atoms with van der Waals surface area (Å²) in [5, 5.41) is 25.9. The Balaban J connectivity index is 1.75. The zero-order valence-corrected chi connectivity index (χ0v) is 23.9. The third-order valence-corrected chi connectivity index (χ3v) is 8.66. The van der Waals surface area contributed by atoms with Gasteiger partial charge in [0.05, 0.1) is 24.6 Å². The van der Waals surface area contributed by atoms with Crippen molar-refractivity contribution >= 4 is 29.0 Å². The van der Waals surface area contributed by atoms with Crippen molar-refractivity contribution in [1.29, 1.82) is 0 Å². The first-order valence-corrected chi connectivity index (χ1v) is 13.5. The van der Waals surface area contributed by atoms with E-state index in [1.165, 1.54) is 18.1 Å². The molecule has 0 saturated heterocycles. The number of methoxy groups -OCH3 is 1. The Labute approximate surface area is 233 Å². The maximum Gasteiger partial charge on any atom is 0.235 e. The molecule has 2 saturated carbocycles. The highest BCUT2D eigenvalue weighted by atomic mass is 16.5. The number of aliphatic hydroxyl groups is 1. The maximum atomic E-state index is 13.9. The molecule has 11 nitrogen and oxygen atoms in total. The lowest BCUT2D eigenvalue weighted by Crippen LogP contribution is -2.74. The van der Waals surface area contributed by atoms with Crippen molar-refractivity contribution in [3.05, 3.63) is 22.8 Å². The van der Waals surface area contributed by atoms with Crippen LogP contribution >= 0.6 is 0 Å². The second-order valence-corrected chi connectivity index (χ2v) is 12.7. The van der Waals surface area contributed by atoms with E-state index in [4.69, 9.17) is 10.5 Å². The summed E-state index contributed by atoms with van der Waals surface area (Å²) < 4.78 is 5.71. The number of ether oxygens (including phenoxy) is 1. The first kappa shape index (κ1) is 29.8. The van der Waals surface area contributed by atoms with Crippen LogP contribution in [-0.2, 0) is 32.1 Å². The number of ketones is 4. The molecule has 11 heteroatoms. The minimum absolute atomic E-state index is 0.0120. The van der Waals surface area contributed by atoms with Gasteiger partial charge in [-0.3, -0.25) is 28.9 Å². The summed E-state index contributed by atoms with van der Waals surface area (Å²) >= 11 is 0. The van der Waals surface area contributed by atoms with Crippen molar-refractivity contribution < 1.29 is 38.9 Å². The lowest BCUT2D eigenvalue weighted by Gasteiger charge is -2.52. The van der Waals surface area contributed by atoms with Crippen LogP contribution in [0.15, 0.2) is 6.07 Å². The van der Waals surface area contributed by atoms with Gasteiger partial charge in [0.25, 0.3) is 0 Å². The quantitative estimate of drug-likeness (QED) is 0.271. The van der Waals surface area contributed by atoms with Crippen LogP contribution in [0.4, 0.5) is 0 Å². The molecule has 0 bridgehead atoms. The molecule has 3 aliphatic rings. The van der Waals surface area contributed by atoms with E-state index < -0.39 is 64.4 Å². The van der Waals surface area contributed by atoms with Crippen LogP contribution in [0, 0.1) is 29.1 Å². The first-order valence-electron chi connectivity index (χ1n) is 13.5. The number of nitrogens with one attached hydrogen (secondary N) is 1. The second-order valence-electron chi connectivity index (χ2n) is 12.7. The van der Waals surface area contributed by atoms with Crippen molar-refractivity contribution in [2.24, 2.45) is 34.8 Å². The van der Waals surface area contributed by atoms with Crippen molar-refractivity contribution in [2.45, 2.75) is 58.2 Å². The van der Waals surface area contributed by atoms with Gasteiger partial charge in [-0.2, -0.15) is 0 Å². The number of nitrogens with two attached hydrogens (primary N) is 1. The Bertz CT molecular complexity index is 1280. The number of amides is 1. The fourth-order valence-electron chi connectivity index (χ4n) is 6.79. The molecule has 3 aliphatic carbocycles. The number of phenols is 1. The maximum absolute atomic E-state index is 13.9. The summed E-state index contributed by atoms with van der Waals surface area (Å²) in [5.74, 6) is -10.3. The van der Waals surface area contributed by atoms with Crippen LogP contribution in [-0.4, -0.2) is 83.5 Å². The van der Waals surface area contributed by atoms with Gasteiger partial charge in [0.1, 0.15) is 11.5 Å². The van der Waals surface area contributed by atoms with E-state index in [0.717, 1.165) is 13.0 Å². The number of Topliss-reactive ketones (excluding diaryl/α,β-unsaturated/α-hetero) is 4. The summed E-state index contributed by atoms with van der Waals surface area (Å²) in [5.41, 5.74) is 3.76. The van der Waals surface area contributed by atoms with Crippen LogP contribution in [0.1, 0.15) is 55.1 Å². The lowest BCUT2D eigenvalue weighted by atomic mass is 9.52. The van der Waals surface area contributed by atoms with E-state index >= 15 is 0 Å². The highest BCUT2D eigenvalue weighted by molar-refractivity contribution is 6.32. The Morgan fingerprint density at radius 1 is 1.20 bits per heavy atom. The molecular formula is C29H39N3O8. The summed E-state index contributed by atoms with van der Waals surface area (Å²) in [7, 11) is 4.57. The molecule has 0 aliphatic heterocycles. The van der Waals surface area contributed by atoms with E-state index in [-0.39, 0.29) is 29.6 Å². The Morgan fingerprint density at radius 2 is 1.85 bits per heavy atom. The standard InChI is InChI=1S/C29H39N3O8/c1-28(2,3)7-8-31-12-14-11-17(33)19-15(24(14)40-6)9-13-10-16-21(32(4)5)23(35)20(27(30)38)26(37)29(16,39)25(36)18(13)22(19)34/h11,13,16,18,20-21,31,33,39H,7-10,12H2,1-6H3,(H2,30,38)/t13-,16-,18?,20?,21-,29-/m0/s1. The molecule has 6 atom stereocenters. The largest absolute Gasteiger partial charge is 0.507 e. The first-order chi connectivity index (χ1) is 18.6. The number of primary amides is 1. The molecule has 0 heterocycles. The van der Waals surface area contributed by atoms with Gasteiger partial charge < -0.3 is 26.0 Å². The molecule has 40 heavy (non-hydrogen) atoms. The molecule has 218 valence electrons. The Kier molecular flexibility index (Phi) is 7.72. The number of fused-ring (bicyclic) bond motifs is 3. The molecule has 1 aromatic rings. The lowest BCUT2D eigenvalue weighted by molar-refractivity contribution is -0.181. The zero-order chi connectivity index (χ0) is 29.9. The van der Waals surface area contributed by atoms with E-state index in [1.807, 2.05) is 0 Å². The molecule has 2 unspecified atom stereocenters. The number of nitrogens with zero attached hydrogens (tertiary/aromatic N) is 1. The fraction of sp³-hybridized carbons (Fsp3) is 0.621. The summed E-state index contributed by atoms with van der Waals surface area (Å²) in [4.78, 5) is 67.8. The number of rotatable bonds is 7. The van der Waals surface area contributed by atoms with E-state index in [0.29, 0.717) is 23.4 Å².